The Morgan fingerprint density at radius 3 is 2.60 bits per heavy atom. The Labute approximate surface area is 151 Å². The zero-order valence-electron chi connectivity index (χ0n) is 13.4. The number of ether oxygens (including phenoxy) is 1. The van der Waals surface area contributed by atoms with Gasteiger partial charge in [-0.15, -0.1) is 0 Å². The smallest absolute Gasteiger partial charge is 0.258 e. The molecule has 0 unspecified atom stereocenters. The van der Waals surface area contributed by atoms with E-state index in [1.54, 1.807) is 48.5 Å². The maximum atomic E-state index is 13.1. The van der Waals surface area contributed by atoms with E-state index in [0.29, 0.717) is 22.0 Å². The number of nitrogens with zero attached hydrogens (tertiary/aromatic N) is 1. The lowest BCUT2D eigenvalue weighted by atomic mass is 10.1. The number of amides is 1. The summed E-state index contributed by atoms with van der Waals surface area (Å²) in [4.78, 5) is 14.6. The second kappa shape index (κ2) is 6.90. The van der Waals surface area contributed by atoms with Crippen molar-refractivity contribution in [3.05, 3.63) is 70.6 Å². The topological polar surface area (TPSA) is 63.7 Å². The molecule has 0 fully saturated rings. The minimum Gasteiger partial charge on any atom is -0.497 e. The van der Waals surface area contributed by atoms with Crippen LogP contribution in [0.4, 0.5) is 5.69 Å². The number of anilines is 1. The van der Waals surface area contributed by atoms with Gasteiger partial charge < -0.3 is 9.64 Å². The van der Waals surface area contributed by atoms with Gasteiger partial charge in [0, 0.05) is 21.7 Å². The fraction of sp³-hybridized carbons (Fsp3) is 0.167. The molecule has 2 aromatic rings. The van der Waals surface area contributed by atoms with Crippen LogP contribution in [0, 0.1) is 0 Å². The normalized spacial score (nSPS) is 18.1. The van der Waals surface area contributed by atoms with Gasteiger partial charge in [-0.1, -0.05) is 23.7 Å². The van der Waals surface area contributed by atoms with Crippen molar-refractivity contribution < 1.29 is 17.9 Å². The van der Waals surface area contributed by atoms with Crippen molar-refractivity contribution in [3.8, 4) is 5.75 Å². The molecule has 130 valence electrons. The molecular formula is C18H16ClNO4S. The van der Waals surface area contributed by atoms with Crippen LogP contribution in [0.5, 0.6) is 5.75 Å². The highest BCUT2D eigenvalue weighted by Gasteiger charge is 2.32. The third-order valence-electron chi connectivity index (χ3n) is 3.86. The third-order valence-corrected chi connectivity index (χ3v) is 5.48. The standard InChI is InChI=1S/C18H16ClNO4S/c1-24-17-7-2-4-13(10-17)18(21)20(15-6-3-5-14(19)11-15)16-8-9-25(22,23)12-16/h2-11,16H,12H2,1H3/t16-/m1/s1. The average molecular weight is 378 g/mol. The molecule has 1 atom stereocenters. The molecule has 0 bridgehead atoms. The van der Waals surface area contributed by atoms with Crippen molar-refractivity contribution in [2.45, 2.75) is 6.04 Å². The van der Waals surface area contributed by atoms with Crippen LogP contribution < -0.4 is 9.64 Å². The van der Waals surface area contributed by atoms with E-state index in [9.17, 15) is 13.2 Å². The number of hydrogen-bond acceptors (Lipinski definition) is 4. The van der Waals surface area contributed by atoms with E-state index in [0.717, 1.165) is 5.41 Å². The van der Waals surface area contributed by atoms with Crippen LogP contribution in [-0.2, 0) is 9.84 Å². The van der Waals surface area contributed by atoms with Crippen molar-refractivity contribution in [1.29, 1.82) is 0 Å². The van der Waals surface area contributed by atoms with E-state index in [4.69, 9.17) is 16.3 Å². The first-order valence-electron chi connectivity index (χ1n) is 7.54. The maximum Gasteiger partial charge on any atom is 0.258 e. The molecule has 2 aromatic carbocycles. The lowest BCUT2D eigenvalue weighted by molar-refractivity contribution is 0.0983. The second-order valence-electron chi connectivity index (χ2n) is 5.61. The van der Waals surface area contributed by atoms with Crippen molar-refractivity contribution in [2.24, 2.45) is 0 Å². The molecule has 0 saturated carbocycles. The lowest BCUT2D eigenvalue weighted by Crippen LogP contribution is -2.41. The van der Waals surface area contributed by atoms with Gasteiger partial charge in [0.05, 0.1) is 18.9 Å². The molecule has 1 amide bonds. The fourth-order valence-electron chi connectivity index (χ4n) is 2.70. The molecule has 0 aliphatic carbocycles. The largest absolute Gasteiger partial charge is 0.497 e. The first-order valence-corrected chi connectivity index (χ1v) is 9.63. The van der Waals surface area contributed by atoms with E-state index >= 15 is 0 Å². The average Bonchev–Trinajstić information content (AvgIpc) is 2.94. The number of carbonyl (C=O) groups excluding carboxylic acids is 1. The van der Waals surface area contributed by atoms with Gasteiger partial charge in [-0.3, -0.25) is 4.79 Å². The Kier molecular flexibility index (Phi) is 4.83. The van der Waals surface area contributed by atoms with E-state index in [1.165, 1.54) is 18.1 Å². The van der Waals surface area contributed by atoms with Crippen LogP contribution in [0.1, 0.15) is 10.4 Å². The summed E-state index contributed by atoms with van der Waals surface area (Å²) in [7, 11) is -1.80. The maximum absolute atomic E-state index is 13.1. The summed E-state index contributed by atoms with van der Waals surface area (Å²) in [5.74, 6) is 0.0641. The highest BCUT2D eigenvalue weighted by molar-refractivity contribution is 7.94. The summed E-state index contributed by atoms with van der Waals surface area (Å²) < 4.78 is 28.8. The number of sulfone groups is 1. The van der Waals surface area contributed by atoms with Crippen molar-refractivity contribution in [3.63, 3.8) is 0 Å². The Hall–Kier alpha value is -2.31. The van der Waals surface area contributed by atoms with Crippen LogP contribution in [0.2, 0.25) is 5.02 Å². The number of hydrogen-bond donors (Lipinski definition) is 0. The zero-order valence-corrected chi connectivity index (χ0v) is 15.0. The predicted molar refractivity (Wildman–Crippen MR) is 98.0 cm³/mol. The quantitative estimate of drug-likeness (QED) is 0.820. The Morgan fingerprint density at radius 2 is 1.96 bits per heavy atom. The van der Waals surface area contributed by atoms with Crippen molar-refractivity contribution in [1.82, 2.24) is 0 Å². The predicted octanol–water partition coefficient (Wildman–Crippen LogP) is 3.31. The van der Waals surface area contributed by atoms with Gasteiger partial charge in [0.15, 0.2) is 9.84 Å². The number of methoxy groups -OCH3 is 1. The van der Waals surface area contributed by atoms with Crippen LogP contribution in [0.25, 0.3) is 0 Å². The molecule has 1 aliphatic heterocycles. The van der Waals surface area contributed by atoms with E-state index in [2.05, 4.69) is 0 Å². The molecule has 7 heteroatoms. The third kappa shape index (κ3) is 3.86. The number of benzene rings is 2. The SMILES string of the molecule is COc1cccc(C(=O)N(c2cccc(Cl)c2)[C@@H]2C=CS(=O)(=O)C2)c1. The van der Waals surface area contributed by atoms with Crippen LogP contribution in [0.3, 0.4) is 0 Å². The number of halogens is 1. The monoisotopic (exact) mass is 377 g/mol. The molecule has 1 aliphatic rings. The molecule has 0 aromatic heterocycles. The van der Waals surface area contributed by atoms with Gasteiger partial charge >= 0.3 is 0 Å². The zero-order chi connectivity index (χ0) is 18.0. The molecular weight excluding hydrogens is 362 g/mol. The van der Waals surface area contributed by atoms with Gasteiger partial charge in [-0.05, 0) is 42.5 Å². The second-order valence-corrected chi connectivity index (χ2v) is 7.98. The minimum absolute atomic E-state index is 0.158. The highest BCUT2D eigenvalue weighted by Crippen LogP contribution is 2.28. The lowest BCUT2D eigenvalue weighted by Gasteiger charge is -2.28. The van der Waals surface area contributed by atoms with Crippen LogP contribution in [-0.4, -0.2) is 33.2 Å². The molecule has 3 rings (SSSR count). The van der Waals surface area contributed by atoms with Crippen LogP contribution in [0.15, 0.2) is 60.0 Å². The fourth-order valence-corrected chi connectivity index (χ4v) is 4.15. The summed E-state index contributed by atoms with van der Waals surface area (Å²) in [6.45, 7) is 0. The van der Waals surface area contributed by atoms with Gasteiger partial charge in [-0.25, -0.2) is 8.42 Å². The minimum atomic E-state index is -3.32. The highest BCUT2D eigenvalue weighted by atomic mass is 35.5. The molecule has 25 heavy (non-hydrogen) atoms. The summed E-state index contributed by atoms with van der Waals surface area (Å²) in [6.07, 6.45) is 1.52. The van der Waals surface area contributed by atoms with Gasteiger partial charge in [0.25, 0.3) is 5.91 Å². The molecule has 5 nitrogen and oxygen atoms in total. The summed E-state index contributed by atoms with van der Waals surface area (Å²) in [6, 6.07) is 12.9. The van der Waals surface area contributed by atoms with E-state index in [1.807, 2.05) is 0 Å². The summed E-state index contributed by atoms with van der Waals surface area (Å²) >= 11 is 6.06. The van der Waals surface area contributed by atoms with Gasteiger partial charge in [0.1, 0.15) is 5.75 Å². The van der Waals surface area contributed by atoms with Crippen molar-refractivity contribution in [2.75, 3.05) is 17.8 Å². The van der Waals surface area contributed by atoms with Gasteiger partial charge in [-0.2, -0.15) is 0 Å². The Morgan fingerprint density at radius 1 is 1.20 bits per heavy atom. The molecule has 0 saturated heterocycles. The number of rotatable bonds is 4. The Balaban J connectivity index is 2.04. The molecule has 0 radical (unpaired) electrons. The van der Waals surface area contributed by atoms with E-state index in [-0.39, 0.29) is 11.7 Å². The first kappa shape index (κ1) is 17.5. The van der Waals surface area contributed by atoms with Gasteiger partial charge in [0.2, 0.25) is 0 Å². The van der Waals surface area contributed by atoms with Crippen LogP contribution >= 0.6 is 11.6 Å². The number of carbonyl (C=O) groups is 1. The first-order chi connectivity index (χ1) is 11.9. The summed E-state index contributed by atoms with van der Waals surface area (Å²) in [5, 5.41) is 1.61. The molecule has 1 heterocycles. The van der Waals surface area contributed by atoms with Crippen molar-refractivity contribution >= 4 is 33.0 Å². The molecule has 0 N–H and O–H groups in total. The molecule has 0 spiro atoms. The van der Waals surface area contributed by atoms with E-state index < -0.39 is 15.9 Å². The Bertz CT molecular complexity index is 940. The summed E-state index contributed by atoms with van der Waals surface area (Å²) in [5.41, 5.74) is 0.934.